The van der Waals surface area contributed by atoms with E-state index in [9.17, 15) is 9.59 Å². The quantitative estimate of drug-likeness (QED) is 0.916. The molecule has 0 saturated carbocycles. The summed E-state index contributed by atoms with van der Waals surface area (Å²) in [5.74, 6) is -0.420. The van der Waals surface area contributed by atoms with Crippen molar-refractivity contribution in [3.63, 3.8) is 0 Å². The zero-order valence-corrected chi connectivity index (χ0v) is 12.9. The average Bonchev–Trinajstić information content (AvgIpc) is 2.53. The zero-order valence-electron chi connectivity index (χ0n) is 12.1. The SMILES string of the molecule is C[C@]1(C(=O)NCc2ccccc2)NC(=O)c2ccccc2S1. The Morgan fingerprint density at radius 3 is 2.59 bits per heavy atom. The van der Waals surface area contributed by atoms with E-state index in [-0.39, 0.29) is 11.8 Å². The molecule has 0 aliphatic carbocycles. The van der Waals surface area contributed by atoms with E-state index in [0.717, 1.165) is 10.5 Å². The van der Waals surface area contributed by atoms with Crippen LogP contribution in [0.25, 0.3) is 0 Å². The van der Waals surface area contributed by atoms with Gasteiger partial charge in [-0.25, -0.2) is 0 Å². The van der Waals surface area contributed by atoms with Crippen molar-refractivity contribution in [1.82, 2.24) is 10.6 Å². The fourth-order valence-electron chi connectivity index (χ4n) is 2.32. The Hall–Kier alpha value is -2.27. The lowest BCUT2D eigenvalue weighted by Crippen LogP contribution is -2.56. The van der Waals surface area contributed by atoms with Gasteiger partial charge < -0.3 is 10.6 Å². The maximum Gasteiger partial charge on any atom is 0.256 e. The number of thioether (sulfide) groups is 1. The highest BCUT2D eigenvalue weighted by Crippen LogP contribution is 2.37. The molecule has 1 atom stereocenters. The first kappa shape index (κ1) is 14.7. The molecule has 112 valence electrons. The summed E-state index contributed by atoms with van der Waals surface area (Å²) >= 11 is 1.36. The number of fused-ring (bicyclic) bond motifs is 1. The van der Waals surface area contributed by atoms with Crippen LogP contribution >= 0.6 is 11.8 Å². The topological polar surface area (TPSA) is 58.2 Å². The molecule has 0 unspecified atom stereocenters. The number of hydrogen-bond acceptors (Lipinski definition) is 3. The van der Waals surface area contributed by atoms with E-state index in [2.05, 4.69) is 10.6 Å². The average molecular weight is 312 g/mol. The van der Waals surface area contributed by atoms with Crippen molar-refractivity contribution in [2.24, 2.45) is 0 Å². The summed E-state index contributed by atoms with van der Waals surface area (Å²) in [5.41, 5.74) is 1.63. The number of nitrogens with one attached hydrogen (secondary N) is 2. The maximum atomic E-state index is 12.5. The third-order valence-electron chi connectivity index (χ3n) is 3.53. The van der Waals surface area contributed by atoms with E-state index in [1.807, 2.05) is 48.5 Å². The molecule has 1 aliphatic rings. The molecule has 2 aromatic rings. The van der Waals surface area contributed by atoms with Gasteiger partial charge in [-0.3, -0.25) is 9.59 Å². The largest absolute Gasteiger partial charge is 0.349 e. The lowest BCUT2D eigenvalue weighted by atomic mass is 10.1. The van der Waals surface area contributed by atoms with Gasteiger partial charge in [-0.1, -0.05) is 54.2 Å². The molecule has 2 aromatic carbocycles. The van der Waals surface area contributed by atoms with Gasteiger partial charge in [0.05, 0.1) is 5.56 Å². The van der Waals surface area contributed by atoms with Crippen molar-refractivity contribution < 1.29 is 9.59 Å². The lowest BCUT2D eigenvalue weighted by molar-refractivity contribution is -0.123. The van der Waals surface area contributed by atoms with Gasteiger partial charge in [0.2, 0.25) is 0 Å². The van der Waals surface area contributed by atoms with Gasteiger partial charge in [0.25, 0.3) is 11.8 Å². The second-order valence-electron chi connectivity index (χ2n) is 5.25. The number of carbonyl (C=O) groups excluding carboxylic acids is 2. The minimum Gasteiger partial charge on any atom is -0.349 e. The fourth-order valence-corrected chi connectivity index (χ4v) is 3.49. The minimum atomic E-state index is -1.000. The van der Waals surface area contributed by atoms with Crippen molar-refractivity contribution in [3.05, 3.63) is 65.7 Å². The molecule has 5 heteroatoms. The fraction of sp³-hybridized carbons (Fsp3) is 0.176. The Morgan fingerprint density at radius 2 is 1.82 bits per heavy atom. The van der Waals surface area contributed by atoms with Crippen LogP contribution in [0, 0.1) is 0 Å². The van der Waals surface area contributed by atoms with Crippen molar-refractivity contribution in [1.29, 1.82) is 0 Å². The second kappa shape index (κ2) is 5.85. The molecule has 4 nitrogen and oxygen atoms in total. The van der Waals surface area contributed by atoms with E-state index >= 15 is 0 Å². The first-order valence-electron chi connectivity index (χ1n) is 7.01. The summed E-state index contributed by atoms with van der Waals surface area (Å²) in [6.45, 7) is 2.17. The third-order valence-corrected chi connectivity index (χ3v) is 4.80. The normalized spacial score (nSPS) is 20.0. The van der Waals surface area contributed by atoms with Crippen molar-refractivity contribution >= 4 is 23.6 Å². The van der Waals surface area contributed by atoms with E-state index in [1.165, 1.54) is 11.8 Å². The van der Waals surface area contributed by atoms with E-state index < -0.39 is 4.87 Å². The molecule has 3 rings (SSSR count). The number of hydrogen-bond donors (Lipinski definition) is 2. The predicted molar refractivity (Wildman–Crippen MR) is 86.5 cm³/mol. The molecule has 2 amide bonds. The van der Waals surface area contributed by atoms with Crippen LogP contribution in [0.1, 0.15) is 22.8 Å². The van der Waals surface area contributed by atoms with Crippen molar-refractivity contribution in [2.45, 2.75) is 23.2 Å². The molecule has 0 radical (unpaired) electrons. The van der Waals surface area contributed by atoms with Crippen LogP contribution in [0.15, 0.2) is 59.5 Å². The van der Waals surface area contributed by atoms with Crippen molar-refractivity contribution in [2.75, 3.05) is 0 Å². The molecule has 22 heavy (non-hydrogen) atoms. The van der Waals surface area contributed by atoms with Crippen LogP contribution in [0.2, 0.25) is 0 Å². The number of benzene rings is 2. The van der Waals surface area contributed by atoms with Crippen LogP contribution in [0.4, 0.5) is 0 Å². The van der Waals surface area contributed by atoms with Gasteiger partial charge in [-0.05, 0) is 24.6 Å². The first-order chi connectivity index (χ1) is 10.6. The second-order valence-corrected chi connectivity index (χ2v) is 6.71. The monoisotopic (exact) mass is 312 g/mol. The lowest BCUT2D eigenvalue weighted by Gasteiger charge is -2.33. The summed E-state index contributed by atoms with van der Waals surface area (Å²) in [4.78, 5) is 24.5. The standard InChI is InChI=1S/C17H16N2O2S/c1-17(16(21)18-11-12-7-3-2-4-8-12)19-15(20)13-9-5-6-10-14(13)22-17/h2-10H,11H2,1H3,(H,18,21)(H,19,20)/t17-/m0/s1. The van der Waals surface area contributed by atoms with Crippen molar-refractivity contribution in [3.8, 4) is 0 Å². The number of amides is 2. The highest BCUT2D eigenvalue weighted by molar-refractivity contribution is 8.01. The first-order valence-corrected chi connectivity index (χ1v) is 7.83. The van der Waals surface area contributed by atoms with Crippen LogP contribution in [0.3, 0.4) is 0 Å². The Morgan fingerprint density at radius 1 is 1.14 bits per heavy atom. The summed E-state index contributed by atoms with van der Waals surface area (Å²) in [5, 5.41) is 5.68. The zero-order chi connectivity index (χ0) is 15.6. The Bertz CT molecular complexity index is 718. The smallest absolute Gasteiger partial charge is 0.256 e. The van der Waals surface area contributed by atoms with Gasteiger partial charge in [0.1, 0.15) is 0 Å². The van der Waals surface area contributed by atoms with Gasteiger partial charge in [-0.15, -0.1) is 0 Å². The van der Waals surface area contributed by atoms with Gasteiger partial charge in [0, 0.05) is 11.4 Å². The highest BCUT2D eigenvalue weighted by Gasteiger charge is 2.40. The minimum absolute atomic E-state index is 0.204. The summed E-state index contributed by atoms with van der Waals surface area (Å²) in [6, 6.07) is 17.0. The number of carbonyl (C=O) groups is 2. The Kier molecular flexibility index (Phi) is 3.90. The van der Waals surface area contributed by atoms with Gasteiger partial charge in [-0.2, -0.15) is 0 Å². The molecule has 0 bridgehead atoms. The molecular formula is C17H16N2O2S. The molecule has 0 spiro atoms. The molecule has 1 aliphatic heterocycles. The van der Waals surface area contributed by atoms with Crippen LogP contribution in [-0.4, -0.2) is 16.7 Å². The van der Waals surface area contributed by atoms with Gasteiger partial charge in [0.15, 0.2) is 4.87 Å². The molecule has 2 N–H and O–H groups in total. The molecule has 1 heterocycles. The maximum absolute atomic E-state index is 12.5. The van der Waals surface area contributed by atoms with E-state index in [0.29, 0.717) is 12.1 Å². The Labute approximate surface area is 133 Å². The van der Waals surface area contributed by atoms with Crippen LogP contribution in [0.5, 0.6) is 0 Å². The predicted octanol–water partition coefficient (Wildman–Crippen LogP) is 2.55. The summed E-state index contributed by atoms with van der Waals surface area (Å²) < 4.78 is 0. The molecule has 0 fully saturated rings. The number of rotatable bonds is 3. The molecular weight excluding hydrogens is 296 g/mol. The van der Waals surface area contributed by atoms with Crippen LogP contribution < -0.4 is 10.6 Å². The van der Waals surface area contributed by atoms with E-state index in [4.69, 9.17) is 0 Å². The summed E-state index contributed by atoms with van der Waals surface area (Å²) in [6.07, 6.45) is 0. The highest BCUT2D eigenvalue weighted by atomic mass is 32.2. The third kappa shape index (κ3) is 2.85. The van der Waals surface area contributed by atoms with Crippen LogP contribution in [-0.2, 0) is 11.3 Å². The van der Waals surface area contributed by atoms with E-state index in [1.54, 1.807) is 13.0 Å². The molecule has 0 saturated heterocycles. The Balaban J connectivity index is 1.74. The summed E-state index contributed by atoms with van der Waals surface area (Å²) in [7, 11) is 0. The molecule has 0 aromatic heterocycles. The van der Waals surface area contributed by atoms with Gasteiger partial charge >= 0.3 is 0 Å².